The van der Waals surface area contributed by atoms with Crippen LogP contribution in [-0.2, 0) is 13.0 Å². The van der Waals surface area contributed by atoms with Gasteiger partial charge in [-0.15, -0.1) is 11.3 Å². The molecule has 0 amide bonds. The fraction of sp³-hybridized carbons (Fsp3) is 0.150. The highest BCUT2D eigenvalue weighted by atomic mass is 32.1. The van der Waals surface area contributed by atoms with E-state index in [-0.39, 0.29) is 18.1 Å². The Morgan fingerprint density at radius 3 is 2.57 bits per heavy atom. The van der Waals surface area contributed by atoms with Crippen LogP contribution in [0.1, 0.15) is 28.8 Å². The fourth-order valence-corrected chi connectivity index (χ4v) is 4.01. The molecule has 1 aromatic carbocycles. The van der Waals surface area contributed by atoms with Gasteiger partial charge in [-0.2, -0.15) is 0 Å². The van der Waals surface area contributed by atoms with Gasteiger partial charge in [-0.3, -0.25) is 14.3 Å². The molecule has 0 saturated carbocycles. The molecule has 28 heavy (non-hydrogen) atoms. The Hall–Kier alpha value is -3.39. The average Bonchev–Trinajstić information content (AvgIpc) is 3.32. The summed E-state index contributed by atoms with van der Waals surface area (Å²) in [5.74, 6) is -1.24. The Labute approximate surface area is 162 Å². The minimum Gasteiger partial charge on any atom is -0.475 e. The number of fused-ring (bicyclic) bond motifs is 1. The molecule has 0 saturated heterocycles. The SMILES string of the molecule is CCc1ccc(-c2csc3[nH]c(=O)n(Cc4ccc(C(=O)O)o4)c(=O)c23)cc1. The smallest absolute Gasteiger partial charge is 0.371 e. The number of nitrogens with one attached hydrogen (secondary N) is 1. The molecule has 0 fully saturated rings. The Morgan fingerprint density at radius 1 is 1.18 bits per heavy atom. The molecule has 142 valence electrons. The van der Waals surface area contributed by atoms with Crippen LogP contribution in [-0.4, -0.2) is 20.6 Å². The molecular weight excluding hydrogens is 380 g/mol. The maximum absolute atomic E-state index is 13.1. The van der Waals surface area contributed by atoms with Crippen LogP contribution in [0.4, 0.5) is 0 Å². The third-order valence-corrected chi connectivity index (χ3v) is 5.47. The van der Waals surface area contributed by atoms with Gasteiger partial charge in [0.1, 0.15) is 10.6 Å². The third kappa shape index (κ3) is 3.07. The van der Waals surface area contributed by atoms with Gasteiger partial charge in [0.05, 0.1) is 11.9 Å². The second-order valence-electron chi connectivity index (χ2n) is 6.30. The van der Waals surface area contributed by atoms with E-state index in [4.69, 9.17) is 9.52 Å². The van der Waals surface area contributed by atoms with Crippen LogP contribution >= 0.6 is 11.3 Å². The molecule has 0 aliphatic carbocycles. The number of carbonyl (C=O) groups is 1. The number of aromatic nitrogens is 2. The molecule has 0 spiro atoms. The largest absolute Gasteiger partial charge is 0.475 e. The van der Waals surface area contributed by atoms with E-state index < -0.39 is 17.2 Å². The summed E-state index contributed by atoms with van der Waals surface area (Å²) < 4.78 is 6.20. The fourth-order valence-electron chi connectivity index (χ4n) is 3.06. The van der Waals surface area contributed by atoms with Crippen molar-refractivity contribution in [2.75, 3.05) is 0 Å². The van der Waals surface area contributed by atoms with Crippen molar-refractivity contribution >= 4 is 27.5 Å². The van der Waals surface area contributed by atoms with Crippen LogP contribution in [0.5, 0.6) is 0 Å². The van der Waals surface area contributed by atoms with E-state index in [1.165, 1.54) is 29.0 Å². The van der Waals surface area contributed by atoms with E-state index in [9.17, 15) is 14.4 Å². The van der Waals surface area contributed by atoms with Crippen LogP contribution in [0.2, 0.25) is 0 Å². The Balaban J connectivity index is 1.82. The normalized spacial score (nSPS) is 11.2. The van der Waals surface area contributed by atoms with Crippen molar-refractivity contribution in [1.29, 1.82) is 0 Å². The summed E-state index contributed by atoms with van der Waals surface area (Å²) in [4.78, 5) is 39.6. The van der Waals surface area contributed by atoms with Gasteiger partial charge in [-0.05, 0) is 29.7 Å². The number of benzene rings is 1. The molecular formula is C20H16N2O5S. The van der Waals surface area contributed by atoms with Crippen LogP contribution < -0.4 is 11.2 Å². The number of hydrogen-bond donors (Lipinski definition) is 2. The van der Waals surface area contributed by atoms with Crippen molar-refractivity contribution in [1.82, 2.24) is 9.55 Å². The number of thiophene rings is 1. The van der Waals surface area contributed by atoms with Crippen molar-refractivity contribution < 1.29 is 14.3 Å². The van der Waals surface area contributed by atoms with Gasteiger partial charge in [0, 0.05) is 10.9 Å². The lowest BCUT2D eigenvalue weighted by Gasteiger charge is -2.05. The van der Waals surface area contributed by atoms with Crippen LogP contribution in [0.3, 0.4) is 0 Å². The van der Waals surface area contributed by atoms with E-state index in [2.05, 4.69) is 11.9 Å². The lowest BCUT2D eigenvalue weighted by atomic mass is 10.0. The Kier molecular flexibility index (Phi) is 4.48. The van der Waals surface area contributed by atoms with E-state index in [0.29, 0.717) is 10.2 Å². The highest BCUT2D eigenvalue weighted by Crippen LogP contribution is 2.30. The summed E-state index contributed by atoms with van der Waals surface area (Å²) in [7, 11) is 0. The molecule has 3 heterocycles. The summed E-state index contributed by atoms with van der Waals surface area (Å²) in [6, 6.07) is 10.7. The maximum atomic E-state index is 13.1. The Bertz CT molecular complexity index is 1290. The molecule has 4 rings (SSSR count). The van der Waals surface area contributed by atoms with Gasteiger partial charge in [-0.25, -0.2) is 9.59 Å². The highest BCUT2D eigenvalue weighted by molar-refractivity contribution is 7.17. The first-order chi connectivity index (χ1) is 13.5. The minimum atomic E-state index is -1.21. The zero-order valence-corrected chi connectivity index (χ0v) is 15.7. The maximum Gasteiger partial charge on any atom is 0.371 e. The molecule has 2 N–H and O–H groups in total. The summed E-state index contributed by atoms with van der Waals surface area (Å²) >= 11 is 1.30. The molecule has 7 nitrogen and oxygen atoms in total. The second kappa shape index (κ2) is 6.97. The molecule has 3 aromatic heterocycles. The monoisotopic (exact) mass is 396 g/mol. The first-order valence-electron chi connectivity index (χ1n) is 8.63. The number of aromatic amines is 1. The molecule has 0 aliphatic rings. The van der Waals surface area contributed by atoms with Crippen molar-refractivity contribution in [2.45, 2.75) is 19.9 Å². The average molecular weight is 396 g/mol. The van der Waals surface area contributed by atoms with E-state index >= 15 is 0 Å². The lowest BCUT2D eigenvalue weighted by Crippen LogP contribution is -2.35. The van der Waals surface area contributed by atoms with Gasteiger partial charge in [0.2, 0.25) is 5.76 Å². The van der Waals surface area contributed by atoms with E-state index in [1.54, 1.807) is 0 Å². The van der Waals surface area contributed by atoms with Gasteiger partial charge in [0.25, 0.3) is 5.56 Å². The minimum absolute atomic E-state index is 0.151. The van der Waals surface area contributed by atoms with Crippen molar-refractivity contribution in [3.8, 4) is 11.1 Å². The topological polar surface area (TPSA) is 105 Å². The van der Waals surface area contributed by atoms with E-state index in [0.717, 1.165) is 22.1 Å². The summed E-state index contributed by atoms with van der Waals surface area (Å²) in [6.45, 7) is 1.92. The van der Waals surface area contributed by atoms with Crippen molar-refractivity contribution in [3.63, 3.8) is 0 Å². The first kappa shape index (κ1) is 18.0. The highest BCUT2D eigenvalue weighted by Gasteiger charge is 2.17. The van der Waals surface area contributed by atoms with Crippen molar-refractivity contribution in [3.05, 3.63) is 79.7 Å². The third-order valence-electron chi connectivity index (χ3n) is 4.58. The number of furan rings is 1. The summed E-state index contributed by atoms with van der Waals surface area (Å²) in [5.41, 5.74) is 1.83. The number of nitrogens with zero attached hydrogens (tertiary/aromatic N) is 1. The first-order valence-corrected chi connectivity index (χ1v) is 9.51. The molecule has 0 radical (unpaired) electrons. The van der Waals surface area contributed by atoms with Gasteiger partial charge < -0.3 is 9.52 Å². The van der Waals surface area contributed by atoms with E-state index in [1.807, 2.05) is 29.6 Å². The summed E-state index contributed by atoms with van der Waals surface area (Å²) in [5, 5.41) is 11.2. The van der Waals surface area contributed by atoms with Gasteiger partial charge in [-0.1, -0.05) is 31.2 Å². The Morgan fingerprint density at radius 2 is 1.93 bits per heavy atom. The summed E-state index contributed by atoms with van der Waals surface area (Å²) in [6.07, 6.45) is 0.923. The molecule has 0 aliphatic heterocycles. The molecule has 0 unspecified atom stereocenters. The zero-order valence-electron chi connectivity index (χ0n) is 14.9. The number of rotatable bonds is 5. The number of aromatic carboxylic acids is 1. The predicted molar refractivity (Wildman–Crippen MR) is 106 cm³/mol. The zero-order chi connectivity index (χ0) is 19.8. The number of carboxylic acids is 1. The number of aryl methyl sites for hydroxylation is 1. The lowest BCUT2D eigenvalue weighted by molar-refractivity contribution is 0.0660. The van der Waals surface area contributed by atoms with Crippen LogP contribution in [0.25, 0.3) is 21.3 Å². The number of carboxylic acid groups (broad SMARTS) is 1. The quantitative estimate of drug-likeness (QED) is 0.538. The van der Waals surface area contributed by atoms with Crippen LogP contribution in [0.15, 0.2) is 55.8 Å². The van der Waals surface area contributed by atoms with Crippen LogP contribution in [0, 0.1) is 0 Å². The predicted octanol–water partition coefficient (Wildman–Crippen LogP) is 3.32. The molecule has 8 heteroatoms. The number of hydrogen-bond acceptors (Lipinski definition) is 5. The molecule has 0 bridgehead atoms. The van der Waals surface area contributed by atoms with Gasteiger partial charge >= 0.3 is 11.7 Å². The number of H-pyrrole nitrogens is 1. The van der Waals surface area contributed by atoms with Crippen molar-refractivity contribution in [2.24, 2.45) is 0 Å². The van der Waals surface area contributed by atoms with Gasteiger partial charge in [0.15, 0.2) is 0 Å². The molecule has 4 aromatic rings. The molecule has 0 atom stereocenters. The standard InChI is InChI=1S/C20H16N2O5S/c1-2-11-3-5-12(6-4-11)14-10-28-17-16(14)18(23)22(20(26)21-17)9-13-7-8-15(27-13)19(24)25/h3-8,10H,2,9H2,1H3,(H,21,26)(H,24,25). The second-order valence-corrected chi connectivity index (χ2v) is 7.18.